The Balaban J connectivity index is 1.56. The molecule has 0 aromatic rings. The van der Waals surface area contributed by atoms with Gasteiger partial charge in [-0.25, -0.2) is 4.79 Å². The third kappa shape index (κ3) is 3.04. The minimum atomic E-state index is 0.308. The lowest BCUT2D eigenvalue weighted by atomic mass is 9.90. The number of urea groups is 1. The van der Waals surface area contributed by atoms with Gasteiger partial charge >= 0.3 is 6.03 Å². The van der Waals surface area contributed by atoms with E-state index < -0.39 is 0 Å². The van der Waals surface area contributed by atoms with Crippen LogP contribution in [0.15, 0.2) is 0 Å². The summed E-state index contributed by atoms with van der Waals surface area (Å²) in [5, 5.41) is 3.61. The lowest BCUT2D eigenvalue weighted by molar-refractivity contribution is 0.114. The number of nitrogens with one attached hydrogen (secondary N) is 1. The van der Waals surface area contributed by atoms with Crippen LogP contribution in [0.5, 0.6) is 0 Å². The minimum absolute atomic E-state index is 0.308. The lowest BCUT2D eigenvalue weighted by Crippen LogP contribution is -2.51. The third-order valence-corrected chi connectivity index (χ3v) is 5.02. The van der Waals surface area contributed by atoms with Crippen LogP contribution in [-0.2, 0) is 0 Å². The second-order valence-corrected chi connectivity index (χ2v) is 6.38. The Morgan fingerprint density at radius 3 is 2.42 bits per heavy atom. The van der Waals surface area contributed by atoms with Crippen molar-refractivity contribution in [1.82, 2.24) is 15.1 Å². The van der Waals surface area contributed by atoms with E-state index in [4.69, 9.17) is 0 Å². The Hall–Kier alpha value is -0.770. The summed E-state index contributed by atoms with van der Waals surface area (Å²) in [7, 11) is 0. The fourth-order valence-corrected chi connectivity index (χ4v) is 3.91. The second-order valence-electron chi connectivity index (χ2n) is 6.38. The number of hydrogen-bond donors (Lipinski definition) is 1. The molecule has 0 bridgehead atoms. The van der Waals surface area contributed by atoms with Gasteiger partial charge in [0.25, 0.3) is 0 Å². The standard InChI is InChI=1S/C15H27N3O/c19-15(17-9-2-1-3-10-17)18-11-5-6-13(12-18)14-7-4-8-16-14/h13-14,16H,1-12H2. The molecule has 3 aliphatic heterocycles. The van der Waals surface area contributed by atoms with E-state index >= 15 is 0 Å². The Bertz CT molecular complexity index is 309. The van der Waals surface area contributed by atoms with Crippen molar-refractivity contribution in [3.05, 3.63) is 0 Å². The van der Waals surface area contributed by atoms with Gasteiger partial charge in [-0.15, -0.1) is 0 Å². The van der Waals surface area contributed by atoms with Crippen molar-refractivity contribution in [3.8, 4) is 0 Å². The number of carbonyl (C=O) groups excluding carboxylic acids is 1. The molecule has 0 aromatic carbocycles. The van der Waals surface area contributed by atoms with Crippen LogP contribution in [0.3, 0.4) is 0 Å². The van der Waals surface area contributed by atoms with E-state index in [-0.39, 0.29) is 0 Å². The van der Waals surface area contributed by atoms with E-state index in [0.29, 0.717) is 18.0 Å². The molecule has 0 aliphatic carbocycles. The molecule has 3 aliphatic rings. The number of likely N-dealkylation sites (tertiary alicyclic amines) is 2. The number of amides is 2. The monoisotopic (exact) mass is 265 g/mol. The van der Waals surface area contributed by atoms with Crippen molar-refractivity contribution in [2.45, 2.75) is 51.0 Å². The van der Waals surface area contributed by atoms with Gasteiger partial charge in [0.2, 0.25) is 0 Å². The van der Waals surface area contributed by atoms with Gasteiger partial charge in [-0.1, -0.05) is 0 Å². The van der Waals surface area contributed by atoms with Crippen molar-refractivity contribution < 1.29 is 4.79 Å². The first-order valence-corrected chi connectivity index (χ1v) is 8.12. The minimum Gasteiger partial charge on any atom is -0.325 e. The van der Waals surface area contributed by atoms with E-state index in [1.54, 1.807) is 0 Å². The highest BCUT2D eigenvalue weighted by atomic mass is 16.2. The number of rotatable bonds is 1. The molecule has 3 rings (SSSR count). The van der Waals surface area contributed by atoms with Crippen LogP contribution in [0.2, 0.25) is 0 Å². The van der Waals surface area contributed by atoms with E-state index in [1.807, 2.05) is 0 Å². The van der Waals surface area contributed by atoms with Crippen LogP contribution in [-0.4, -0.2) is 54.6 Å². The summed E-state index contributed by atoms with van der Waals surface area (Å²) in [6.07, 6.45) is 8.75. The summed E-state index contributed by atoms with van der Waals surface area (Å²) < 4.78 is 0. The molecular weight excluding hydrogens is 238 g/mol. The maximum Gasteiger partial charge on any atom is 0.320 e. The maximum absolute atomic E-state index is 12.5. The number of piperidine rings is 2. The van der Waals surface area contributed by atoms with Crippen LogP contribution < -0.4 is 5.32 Å². The molecule has 4 heteroatoms. The summed E-state index contributed by atoms with van der Waals surface area (Å²) in [4.78, 5) is 16.7. The molecule has 3 fully saturated rings. The van der Waals surface area contributed by atoms with E-state index in [1.165, 1.54) is 51.5 Å². The average Bonchev–Trinajstić information content (AvgIpc) is 3.02. The summed E-state index contributed by atoms with van der Waals surface area (Å²) in [6, 6.07) is 0.972. The van der Waals surface area contributed by atoms with E-state index in [9.17, 15) is 4.79 Å². The molecule has 0 saturated carbocycles. The summed E-state index contributed by atoms with van der Waals surface area (Å²) in [6.45, 7) is 5.07. The van der Waals surface area contributed by atoms with E-state index in [0.717, 1.165) is 26.2 Å². The predicted octanol–water partition coefficient (Wildman–Crippen LogP) is 2.06. The van der Waals surface area contributed by atoms with Gasteiger partial charge in [0, 0.05) is 32.2 Å². The first-order valence-electron chi connectivity index (χ1n) is 8.12. The molecule has 2 unspecified atom stereocenters. The number of carbonyl (C=O) groups is 1. The molecule has 0 aromatic heterocycles. The predicted molar refractivity (Wildman–Crippen MR) is 76.1 cm³/mol. The van der Waals surface area contributed by atoms with Gasteiger partial charge in [-0.05, 0) is 57.4 Å². The molecule has 19 heavy (non-hydrogen) atoms. The highest BCUT2D eigenvalue weighted by molar-refractivity contribution is 5.74. The van der Waals surface area contributed by atoms with Gasteiger partial charge < -0.3 is 15.1 Å². The van der Waals surface area contributed by atoms with Crippen molar-refractivity contribution in [3.63, 3.8) is 0 Å². The van der Waals surface area contributed by atoms with Gasteiger partial charge in [0.05, 0.1) is 0 Å². The molecular formula is C15H27N3O. The summed E-state index contributed by atoms with van der Waals surface area (Å²) in [5.74, 6) is 0.685. The van der Waals surface area contributed by atoms with Crippen LogP contribution in [0, 0.1) is 5.92 Å². The Kier molecular flexibility index (Phi) is 4.26. The fourth-order valence-electron chi connectivity index (χ4n) is 3.91. The second kappa shape index (κ2) is 6.12. The summed E-state index contributed by atoms with van der Waals surface area (Å²) in [5.41, 5.74) is 0. The average molecular weight is 265 g/mol. The Morgan fingerprint density at radius 1 is 0.895 bits per heavy atom. The van der Waals surface area contributed by atoms with Gasteiger partial charge in [0.15, 0.2) is 0 Å². The molecule has 2 atom stereocenters. The maximum atomic E-state index is 12.5. The van der Waals surface area contributed by atoms with Gasteiger partial charge in [0.1, 0.15) is 0 Å². The topological polar surface area (TPSA) is 35.6 Å². The largest absolute Gasteiger partial charge is 0.325 e. The summed E-state index contributed by atoms with van der Waals surface area (Å²) >= 11 is 0. The van der Waals surface area contributed by atoms with E-state index in [2.05, 4.69) is 15.1 Å². The molecule has 0 radical (unpaired) electrons. The molecule has 0 spiro atoms. The zero-order valence-electron chi connectivity index (χ0n) is 11.9. The highest BCUT2D eigenvalue weighted by Crippen LogP contribution is 2.25. The quantitative estimate of drug-likeness (QED) is 0.787. The van der Waals surface area contributed by atoms with Crippen LogP contribution in [0.4, 0.5) is 4.79 Å². The molecule has 1 N–H and O–H groups in total. The lowest BCUT2D eigenvalue weighted by Gasteiger charge is -2.39. The first-order chi connectivity index (χ1) is 9.34. The van der Waals surface area contributed by atoms with Crippen molar-refractivity contribution >= 4 is 6.03 Å². The molecule has 4 nitrogen and oxygen atoms in total. The third-order valence-electron chi connectivity index (χ3n) is 5.02. The van der Waals surface area contributed by atoms with Crippen molar-refractivity contribution in [2.24, 2.45) is 5.92 Å². The smallest absolute Gasteiger partial charge is 0.320 e. The first kappa shape index (κ1) is 13.2. The zero-order valence-corrected chi connectivity index (χ0v) is 11.9. The van der Waals surface area contributed by atoms with Crippen molar-refractivity contribution in [2.75, 3.05) is 32.7 Å². The normalized spacial score (nSPS) is 32.6. The van der Waals surface area contributed by atoms with Gasteiger partial charge in [-0.3, -0.25) is 0 Å². The molecule has 3 heterocycles. The zero-order chi connectivity index (χ0) is 13.1. The molecule has 3 saturated heterocycles. The van der Waals surface area contributed by atoms with Crippen LogP contribution >= 0.6 is 0 Å². The molecule has 2 amide bonds. The number of hydrogen-bond acceptors (Lipinski definition) is 2. The number of nitrogens with zero attached hydrogens (tertiary/aromatic N) is 2. The Labute approximate surface area is 116 Å². The SMILES string of the molecule is O=C(N1CCCCC1)N1CCCC(C2CCCN2)C1. The molecule has 108 valence electrons. The van der Waals surface area contributed by atoms with Crippen LogP contribution in [0.1, 0.15) is 44.9 Å². The van der Waals surface area contributed by atoms with Crippen molar-refractivity contribution in [1.29, 1.82) is 0 Å². The highest BCUT2D eigenvalue weighted by Gasteiger charge is 2.32. The fraction of sp³-hybridized carbons (Fsp3) is 0.933. The van der Waals surface area contributed by atoms with Gasteiger partial charge in [-0.2, -0.15) is 0 Å². The van der Waals surface area contributed by atoms with Crippen LogP contribution in [0.25, 0.3) is 0 Å². The Morgan fingerprint density at radius 2 is 1.68 bits per heavy atom.